The number of thioether (sulfide) groups is 1. The molecule has 17 heavy (non-hydrogen) atoms. The van der Waals surface area contributed by atoms with Crippen molar-refractivity contribution in [3.05, 3.63) is 71.1 Å². The molecule has 1 nitrogen and oxygen atoms in total. The van der Waals surface area contributed by atoms with Crippen LogP contribution < -0.4 is 0 Å². The van der Waals surface area contributed by atoms with E-state index in [9.17, 15) is 0 Å². The van der Waals surface area contributed by atoms with Crippen molar-refractivity contribution in [2.45, 2.75) is 17.6 Å². The Kier molecular flexibility index (Phi) is 3.85. The second-order valence-corrected chi connectivity index (χ2v) is 4.88. The minimum atomic E-state index is 0.745. The number of aryl methyl sites for hydroxylation is 1. The van der Waals surface area contributed by atoms with Gasteiger partial charge in [0.25, 0.3) is 0 Å². The van der Waals surface area contributed by atoms with Gasteiger partial charge in [0.05, 0.1) is 6.57 Å². The van der Waals surface area contributed by atoms with Crippen LogP contribution in [0.4, 0.5) is 5.69 Å². The molecule has 0 saturated carbocycles. The molecule has 0 unspecified atom stereocenters. The quantitative estimate of drug-likeness (QED) is 0.548. The minimum Gasteiger partial charge on any atom is -0.238 e. The minimum absolute atomic E-state index is 0.745. The van der Waals surface area contributed by atoms with E-state index in [1.807, 2.05) is 25.1 Å². The third-order valence-corrected chi connectivity index (χ3v) is 3.60. The molecule has 0 amide bonds. The molecule has 0 fully saturated rings. The Bertz CT molecular complexity index is 541. The molecular weight excluding hydrogens is 226 g/mol. The summed E-state index contributed by atoms with van der Waals surface area (Å²) in [7, 11) is 0. The fourth-order valence-electron chi connectivity index (χ4n) is 1.58. The van der Waals surface area contributed by atoms with Gasteiger partial charge in [0.2, 0.25) is 0 Å². The van der Waals surface area contributed by atoms with Crippen molar-refractivity contribution < 1.29 is 0 Å². The molecule has 0 heterocycles. The lowest BCUT2D eigenvalue weighted by Crippen LogP contribution is -1.80. The van der Waals surface area contributed by atoms with Gasteiger partial charge in [-0.05, 0) is 18.1 Å². The highest BCUT2D eigenvalue weighted by molar-refractivity contribution is 7.98. The van der Waals surface area contributed by atoms with Crippen LogP contribution in [0.25, 0.3) is 4.85 Å². The number of rotatable bonds is 3. The zero-order chi connectivity index (χ0) is 12.1. The van der Waals surface area contributed by atoms with Gasteiger partial charge in [-0.25, -0.2) is 4.85 Å². The first kappa shape index (κ1) is 11.8. The summed E-state index contributed by atoms with van der Waals surface area (Å²) in [5.41, 5.74) is 3.12. The predicted molar refractivity (Wildman–Crippen MR) is 73.4 cm³/mol. The van der Waals surface area contributed by atoms with Crippen LogP contribution in [-0.4, -0.2) is 0 Å². The lowest BCUT2D eigenvalue weighted by atomic mass is 10.2. The second-order valence-electron chi connectivity index (χ2n) is 3.83. The summed E-state index contributed by atoms with van der Waals surface area (Å²) in [6.07, 6.45) is 0. The van der Waals surface area contributed by atoms with Crippen molar-refractivity contribution in [2.24, 2.45) is 0 Å². The average Bonchev–Trinajstić information content (AvgIpc) is 2.38. The number of hydrogen-bond acceptors (Lipinski definition) is 1. The molecule has 84 valence electrons. The summed E-state index contributed by atoms with van der Waals surface area (Å²) < 4.78 is 0. The molecule has 0 N–H and O–H groups in total. The van der Waals surface area contributed by atoms with Crippen molar-refractivity contribution in [3.8, 4) is 0 Å². The van der Waals surface area contributed by atoms with Gasteiger partial charge >= 0.3 is 0 Å². The van der Waals surface area contributed by atoms with E-state index in [2.05, 4.69) is 35.2 Å². The molecule has 0 aliphatic heterocycles. The highest BCUT2D eigenvalue weighted by atomic mass is 32.2. The fraction of sp³-hybridized carbons (Fsp3) is 0.133. The van der Waals surface area contributed by atoms with Gasteiger partial charge in [0.1, 0.15) is 0 Å². The molecule has 2 aromatic rings. The first-order chi connectivity index (χ1) is 8.29. The molecule has 0 bridgehead atoms. The molecule has 0 aromatic heterocycles. The van der Waals surface area contributed by atoms with E-state index in [4.69, 9.17) is 6.57 Å². The average molecular weight is 239 g/mol. The van der Waals surface area contributed by atoms with Crippen LogP contribution in [0.2, 0.25) is 0 Å². The van der Waals surface area contributed by atoms with E-state index in [-0.39, 0.29) is 0 Å². The fourth-order valence-corrected chi connectivity index (χ4v) is 2.53. The van der Waals surface area contributed by atoms with Gasteiger partial charge in [0, 0.05) is 10.6 Å². The molecule has 0 aliphatic rings. The second kappa shape index (κ2) is 5.56. The Hall–Kier alpha value is -1.72. The highest BCUT2D eigenvalue weighted by Gasteiger charge is 2.00. The van der Waals surface area contributed by atoms with Crippen molar-refractivity contribution in [1.82, 2.24) is 0 Å². The third kappa shape index (κ3) is 3.12. The van der Waals surface area contributed by atoms with Gasteiger partial charge in [-0.1, -0.05) is 48.5 Å². The third-order valence-electron chi connectivity index (χ3n) is 2.54. The normalized spacial score (nSPS) is 9.88. The molecule has 2 rings (SSSR count). The van der Waals surface area contributed by atoms with Crippen LogP contribution in [0, 0.1) is 13.5 Å². The van der Waals surface area contributed by atoms with Crippen molar-refractivity contribution in [1.29, 1.82) is 0 Å². The number of hydrogen-bond donors (Lipinski definition) is 0. The van der Waals surface area contributed by atoms with Crippen LogP contribution in [0.1, 0.15) is 11.1 Å². The summed E-state index contributed by atoms with van der Waals surface area (Å²) in [6, 6.07) is 16.4. The highest BCUT2D eigenvalue weighted by Crippen LogP contribution is 2.27. The SMILES string of the molecule is [C-]#[N+]c1ccc(SCc2ccccc2)cc1C. The molecule has 2 heteroatoms. The van der Waals surface area contributed by atoms with Crippen molar-refractivity contribution in [2.75, 3.05) is 0 Å². The van der Waals surface area contributed by atoms with Gasteiger partial charge in [-0.3, -0.25) is 0 Å². The van der Waals surface area contributed by atoms with E-state index in [1.165, 1.54) is 10.5 Å². The Morgan fingerprint density at radius 1 is 1.12 bits per heavy atom. The van der Waals surface area contributed by atoms with Crippen molar-refractivity contribution >= 4 is 17.4 Å². The van der Waals surface area contributed by atoms with E-state index in [0.29, 0.717) is 0 Å². The predicted octanol–water partition coefficient (Wildman–Crippen LogP) is 4.84. The zero-order valence-corrected chi connectivity index (χ0v) is 10.5. The molecule has 0 spiro atoms. The number of nitrogens with zero attached hydrogens (tertiary/aromatic N) is 1. The Morgan fingerprint density at radius 3 is 2.53 bits per heavy atom. The van der Waals surface area contributed by atoms with E-state index < -0.39 is 0 Å². The monoisotopic (exact) mass is 239 g/mol. The van der Waals surface area contributed by atoms with Crippen molar-refractivity contribution in [3.63, 3.8) is 0 Å². The summed E-state index contributed by atoms with van der Waals surface area (Å²) in [4.78, 5) is 4.69. The maximum atomic E-state index is 7.01. The van der Waals surface area contributed by atoms with Gasteiger partial charge in [-0.2, -0.15) is 0 Å². The summed E-state index contributed by atoms with van der Waals surface area (Å²) in [5.74, 6) is 0.970. The topological polar surface area (TPSA) is 4.36 Å². The largest absolute Gasteiger partial charge is 0.238 e. The van der Waals surface area contributed by atoms with Gasteiger partial charge < -0.3 is 0 Å². The van der Waals surface area contributed by atoms with Crippen LogP contribution >= 0.6 is 11.8 Å². The number of benzene rings is 2. The molecule has 0 atom stereocenters. The zero-order valence-electron chi connectivity index (χ0n) is 9.68. The Morgan fingerprint density at radius 2 is 1.88 bits per heavy atom. The molecule has 0 aliphatic carbocycles. The van der Waals surface area contributed by atoms with E-state index in [1.54, 1.807) is 11.8 Å². The molecule has 0 saturated heterocycles. The maximum Gasteiger partial charge on any atom is 0.190 e. The summed E-state index contributed by atoms with van der Waals surface area (Å²) >= 11 is 1.80. The van der Waals surface area contributed by atoms with Crippen LogP contribution in [-0.2, 0) is 5.75 Å². The summed E-state index contributed by atoms with van der Waals surface area (Å²) in [5, 5.41) is 0. The van der Waals surface area contributed by atoms with Crippen LogP contribution in [0.5, 0.6) is 0 Å². The first-order valence-electron chi connectivity index (χ1n) is 5.44. The lowest BCUT2D eigenvalue weighted by Gasteiger charge is -2.04. The standard InChI is InChI=1S/C15H13NS/c1-12-10-14(8-9-15(12)16-2)17-11-13-6-4-3-5-7-13/h3-10H,11H2,1H3. The Labute approximate surface area is 106 Å². The summed E-state index contributed by atoms with van der Waals surface area (Å²) in [6.45, 7) is 9.00. The lowest BCUT2D eigenvalue weighted by molar-refractivity contribution is 1.35. The van der Waals surface area contributed by atoms with Crippen LogP contribution in [0.3, 0.4) is 0 Å². The maximum absolute atomic E-state index is 7.01. The molecule has 2 aromatic carbocycles. The van der Waals surface area contributed by atoms with Crippen LogP contribution in [0.15, 0.2) is 53.4 Å². The molecular formula is C15H13NS. The molecule has 0 radical (unpaired) electrons. The first-order valence-corrected chi connectivity index (χ1v) is 6.43. The van der Waals surface area contributed by atoms with E-state index >= 15 is 0 Å². The van der Waals surface area contributed by atoms with Gasteiger partial charge in [0.15, 0.2) is 5.69 Å². The van der Waals surface area contributed by atoms with Gasteiger partial charge in [-0.15, -0.1) is 11.8 Å². The Balaban J connectivity index is 2.06. The smallest absolute Gasteiger partial charge is 0.190 e. The van der Waals surface area contributed by atoms with E-state index in [0.717, 1.165) is 17.0 Å².